The Kier molecular flexibility index (Phi) is 4.46. The highest BCUT2D eigenvalue weighted by Crippen LogP contribution is 2.22. The monoisotopic (exact) mass is 368 g/mol. The van der Waals surface area contributed by atoms with Crippen LogP contribution >= 0.6 is 11.3 Å². The van der Waals surface area contributed by atoms with E-state index >= 15 is 0 Å². The van der Waals surface area contributed by atoms with E-state index in [4.69, 9.17) is 0 Å². The zero-order valence-electron chi connectivity index (χ0n) is 14.5. The largest absolute Gasteiger partial charge is 0.347 e. The number of nitrogens with one attached hydrogen (secondary N) is 1. The van der Waals surface area contributed by atoms with Crippen molar-refractivity contribution >= 4 is 34.2 Å². The van der Waals surface area contributed by atoms with Gasteiger partial charge in [0.25, 0.3) is 5.91 Å². The Labute approximate surface area is 155 Å². The van der Waals surface area contributed by atoms with Gasteiger partial charge < -0.3 is 14.8 Å². The molecule has 0 unspecified atom stereocenters. The molecule has 0 spiro atoms. The zero-order chi connectivity index (χ0) is 18.1. The second kappa shape index (κ2) is 6.92. The Morgan fingerprint density at radius 3 is 2.88 bits per heavy atom. The minimum Gasteiger partial charge on any atom is -0.347 e. The summed E-state index contributed by atoms with van der Waals surface area (Å²) >= 11 is 1.41. The summed E-state index contributed by atoms with van der Waals surface area (Å²) < 4.78 is 1.98. The zero-order valence-corrected chi connectivity index (χ0v) is 15.3. The molecule has 0 saturated carbocycles. The Balaban J connectivity index is 1.45. The molecule has 4 rings (SSSR count). The number of hydrogen-bond donors (Lipinski definition) is 1. The van der Waals surface area contributed by atoms with Gasteiger partial charge in [0, 0.05) is 13.6 Å². The summed E-state index contributed by atoms with van der Waals surface area (Å²) in [5, 5.41) is 4.84. The number of benzene rings is 1. The molecule has 0 aliphatic carbocycles. The molecule has 0 radical (unpaired) electrons. The average Bonchev–Trinajstić information content (AvgIpc) is 3.40. The molecule has 26 heavy (non-hydrogen) atoms. The van der Waals surface area contributed by atoms with Crippen molar-refractivity contribution in [3.05, 3.63) is 52.5 Å². The fraction of sp³-hybridized carbons (Fsp3) is 0.316. The molecule has 2 amide bonds. The molecule has 1 aromatic carbocycles. The number of likely N-dealkylation sites (tertiary alicyclic amines) is 1. The van der Waals surface area contributed by atoms with Crippen LogP contribution in [-0.4, -0.2) is 38.9 Å². The molecule has 2 aromatic heterocycles. The summed E-state index contributed by atoms with van der Waals surface area (Å²) in [7, 11) is 1.94. The first-order valence-electron chi connectivity index (χ1n) is 8.67. The van der Waals surface area contributed by atoms with E-state index in [1.54, 1.807) is 11.0 Å². The van der Waals surface area contributed by atoms with Gasteiger partial charge in [-0.3, -0.25) is 9.59 Å². The van der Waals surface area contributed by atoms with Crippen molar-refractivity contribution in [2.75, 3.05) is 6.54 Å². The molecule has 1 fully saturated rings. The number of carbonyl (C=O) groups excluding carboxylic acids is 2. The molecule has 1 aliphatic rings. The number of rotatable bonds is 4. The SMILES string of the molecule is Cn1c(CNC(=O)[C@@H]2CCCN2C(=O)c2cccs2)nc2ccccc21. The summed E-state index contributed by atoms with van der Waals surface area (Å²) in [5.74, 6) is 0.633. The van der Waals surface area contributed by atoms with Crippen molar-refractivity contribution < 1.29 is 9.59 Å². The van der Waals surface area contributed by atoms with Gasteiger partial charge >= 0.3 is 0 Å². The molecule has 134 valence electrons. The van der Waals surface area contributed by atoms with Gasteiger partial charge in [0.2, 0.25) is 5.91 Å². The lowest BCUT2D eigenvalue weighted by molar-refractivity contribution is -0.125. The van der Waals surface area contributed by atoms with Gasteiger partial charge in [-0.15, -0.1) is 11.3 Å². The number of nitrogens with zero attached hydrogens (tertiary/aromatic N) is 3. The van der Waals surface area contributed by atoms with E-state index in [1.165, 1.54) is 11.3 Å². The van der Waals surface area contributed by atoms with Crippen LogP contribution in [0.5, 0.6) is 0 Å². The molecule has 3 aromatic rings. The lowest BCUT2D eigenvalue weighted by atomic mass is 10.2. The maximum Gasteiger partial charge on any atom is 0.264 e. The van der Waals surface area contributed by atoms with Crippen LogP contribution < -0.4 is 5.32 Å². The molecule has 1 saturated heterocycles. The van der Waals surface area contributed by atoms with E-state index in [1.807, 2.05) is 47.3 Å². The maximum absolute atomic E-state index is 12.7. The summed E-state index contributed by atoms with van der Waals surface area (Å²) in [4.78, 5) is 32.2. The van der Waals surface area contributed by atoms with Crippen LogP contribution in [0.1, 0.15) is 28.3 Å². The summed E-state index contributed by atoms with van der Waals surface area (Å²) in [5.41, 5.74) is 1.95. The fourth-order valence-electron chi connectivity index (χ4n) is 3.46. The Hall–Kier alpha value is -2.67. The van der Waals surface area contributed by atoms with Crippen LogP contribution in [0, 0.1) is 0 Å². The number of carbonyl (C=O) groups is 2. The van der Waals surface area contributed by atoms with Crippen LogP contribution in [-0.2, 0) is 18.4 Å². The second-order valence-corrected chi connectivity index (χ2v) is 7.38. The number of aryl methyl sites for hydroxylation is 1. The van der Waals surface area contributed by atoms with Gasteiger partial charge in [-0.25, -0.2) is 4.98 Å². The van der Waals surface area contributed by atoms with E-state index < -0.39 is 6.04 Å². The number of hydrogen-bond acceptors (Lipinski definition) is 4. The molecular formula is C19H20N4O2S. The summed E-state index contributed by atoms with van der Waals surface area (Å²) in [6.45, 7) is 0.975. The van der Waals surface area contributed by atoms with Crippen LogP contribution in [0.4, 0.5) is 0 Å². The standard InChI is InChI=1S/C19H20N4O2S/c1-22-14-7-3-2-6-13(14)21-17(22)12-20-18(24)15-8-4-10-23(15)19(25)16-9-5-11-26-16/h2-3,5-7,9,11,15H,4,8,10,12H2,1H3,(H,20,24)/t15-/m0/s1. The van der Waals surface area contributed by atoms with E-state index in [2.05, 4.69) is 10.3 Å². The number of amides is 2. The summed E-state index contributed by atoms with van der Waals surface area (Å²) in [6, 6.07) is 11.1. The minimum absolute atomic E-state index is 0.0552. The Morgan fingerprint density at radius 1 is 1.27 bits per heavy atom. The Morgan fingerprint density at radius 2 is 2.12 bits per heavy atom. The molecule has 1 aliphatic heterocycles. The fourth-order valence-corrected chi connectivity index (χ4v) is 4.14. The van der Waals surface area contributed by atoms with E-state index in [-0.39, 0.29) is 11.8 Å². The first-order chi connectivity index (χ1) is 12.6. The smallest absolute Gasteiger partial charge is 0.264 e. The third kappa shape index (κ3) is 2.99. The van der Waals surface area contributed by atoms with Crippen molar-refractivity contribution in [3.63, 3.8) is 0 Å². The van der Waals surface area contributed by atoms with Gasteiger partial charge in [0.1, 0.15) is 11.9 Å². The number of fused-ring (bicyclic) bond motifs is 1. The number of imidazole rings is 1. The molecular weight excluding hydrogens is 348 g/mol. The third-order valence-corrected chi connectivity index (χ3v) is 5.71. The lowest BCUT2D eigenvalue weighted by Crippen LogP contribution is -2.45. The van der Waals surface area contributed by atoms with Gasteiger partial charge in [-0.05, 0) is 36.4 Å². The highest BCUT2D eigenvalue weighted by Gasteiger charge is 2.34. The first kappa shape index (κ1) is 16.8. The molecule has 3 heterocycles. The van der Waals surface area contributed by atoms with Crippen LogP contribution in [0.2, 0.25) is 0 Å². The van der Waals surface area contributed by atoms with Crippen molar-refractivity contribution in [1.82, 2.24) is 19.8 Å². The van der Waals surface area contributed by atoms with Gasteiger partial charge in [-0.2, -0.15) is 0 Å². The van der Waals surface area contributed by atoms with Crippen molar-refractivity contribution in [3.8, 4) is 0 Å². The number of para-hydroxylation sites is 2. The Bertz CT molecular complexity index is 948. The van der Waals surface area contributed by atoms with Crippen LogP contribution in [0.3, 0.4) is 0 Å². The number of aromatic nitrogens is 2. The molecule has 7 heteroatoms. The predicted octanol–water partition coefficient (Wildman–Crippen LogP) is 2.56. The van der Waals surface area contributed by atoms with Crippen molar-refractivity contribution in [2.24, 2.45) is 7.05 Å². The van der Waals surface area contributed by atoms with Gasteiger partial charge in [0.15, 0.2) is 0 Å². The average molecular weight is 368 g/mol. The van der Waals surface area contributed by atoms with Gasteiger partial charge in [0.05, 0.1) is 22.5 Å². The molecule has 6 nitrogen and oxygen atoms in total. The van der Waals surface area contributed by atoms with Crippen LogP contribution in [0.25, 0.3) is 11.0 Å². The first-order valence-corrected chi connectivity index (χ1v) is 9.55. The lowest BCUT2D eigenvalue weighted by Gasteiger charge is -2.23. The molecule has 1 atom stereocenters. The highest BCUT2D eigenvalue weighted by molar-refractivity contribution is 7.12. The summed E-state index contributed by atoms with van der Waals surface area (Å²) in [6.07, 6.45) is 1.55. The second-order valence-electron chi connectivity index (χ2n) is 6.43. The maximum atomic E-state index is 12.7. The predicted molar refractivity (Wildman–Crippen MR) is 101 cm³/mol. The quantitative estimate of drug-likeness (QED) is 0.770. The minimum atomic E-state index is -0.403. The highest BCUT2D eigenvalue weighted by atomic mass is 32.1. The third-order valence-electron chi connectivity index (χ3n) is 4.85. The van der Waals surface area contributed by atoms with E-state index in [9.17, 15) is 9.59 Å². The number of thiophene rings is 1. The van der Waals surface area contributed by atoms with E-state index in [0.717, 1.165) is 23.3 Å². The molecule has 0 bridgehead atoms. The van der Waals surface area contributed by atoms with E-state index in [0.29, 0.717) is 24.4 Å². The van der Waals surface area contributed by atoms with Crippen LogP contribution in [0.15, 0.2) is 41.8 Å². The topological polar surface area (TPSA) is 67.2 Å². The molecule has 1 N–H and O–H groups in total. The van der Waals surface area contributed by atoms with Crippen molar-refractivity contribution in [1.29, 1.82) is 0 Å². The van der Waals surface area contributed by atoms with Crippen molar-refractivity contribution in [2.45, 2.75) is 25.4 Å². The normalized spacial score (nSPS) is 17.0. The van der Waals surface area contributed by atoms with Gasteiger partial charge in [-0.1, -0.05) is 18.2 Å².